The fraction of sp³-hybridized carbons (Fsp3) is 0.708. The highest BCUT2D eigenvalue weighted by Gasteiger charge is 2.56. The van der Waals surface area contributed by atoms with E-state index in [1.165, 1.54) is 35.8 Å². The van der Waals surface area contributed by atoms with E-state index in [4.69, 9.17) is 0 Å². The molecule has 1 aliphatic heterocycles. The number of rotatable bonds is 9. The Balaban J connectivity index is 1.85. The maximum Gasteiger partial charge on any atom is 0.496 e. The predicted octanol–water partition coefficient (Wildman–Crippen LogP) is 0.800. The molecule has 3 atom stereocenters. The predicted molar refractivity (Wildman–Crippen MR) is 130 cm³/mol. The van der Waals surface area contributed by atoms with Crippen molar-refractivity contribution in [2.45, 2.75) is 89.7 Å². The highest BCUT2D eigenvalue weighted by atomic mass is 16.4. The van der Waals surface area contributed by atoms with Crippen LogP contribution in [0.5, 0.6) is 0 Å². The van der Waals surface area contributed by atoms with Gasteiger partial charge in [0, 0.05) is 18.9 Å². The second kappa shape index (κ2) is 11.9. The van der Waals surface area contributed by atoms with Crippen LogP contribution < -0.4 is 15.2 Å². The maximum atomic E-state index is 13.9. The van der Waals surface area contributed by atoms with Crippen molar-refractivity contribution in [2.24, 2.45) is 11.8 Å². The highest BCUT2D eigenvalue weighted by Crippen LogP contribution is 2.35. The molecule has 2 aliphatic rings. The molecule has 1 aromatic rings. The number of hydrogen-bond acceptors (Lipinski definition) is 6. The number of nitrogens with zero attached hydrogens (tertiary/aromatic N) is 3. The van der Waals surface area contributed by atoms with Crippen LogP contribution in [0.3, 0.4) is 0 Å². The van der Waals surface area contributed by atoms with E-state index in [0.29, 0.717) is 31.7 Å². The van der Waals surface area contributed by atoms with E-state index in [1.807, 2.05) is 13.8 Å². The molecule has 1 saturated carbocycles. The van der Waals surface area contributed by atoms with E-state index < -0.39 is 30.7 Å². The Morgan fingerprint density at radius 3 is 2.46 bits per heavy atom. The molecule has 0 bridgehead atoms. The van der Waals surface area contributed by atoms with Gasteiger partial charge in [0.1, 0.15) is 18.4 Å². The Labute approximate surface area is 207 Å². The molecule has 3 rings (SSSR count). The van der Waals surface area contributed by atoms with Crippen molar-refractivity contribution < 1.29 is 29.0 Å². The van der Waals surface area contributed by atoms with Crippen molar-refractivity contribution in [3.05, 3.63) is 24.8 Å². The van der Waals surface area contributed by atoms with Crippen molar-refractivity contribution >= 4 is 25.0 Å². The van der Waals surface area contributed by atoms with Gasteiger partial charge >= 0.3 is 13.1 Å². The first kappa shape index (κ1) is 27.1. The fourth-order valence-corrected chi connectivity index (χ4v) is 5.35. The van der Waals surface area contributed by atoms with E-state index >= 15 is 0 Å². The molecule has 0 spiro atoms. The number of carbonyl (C=O) groups excluding carboxylic acids is 3. The quantitative estimate of drug-likeness (QED) is 0.300. The Morgan fingerprint density at radius 2 is 1.89 bits per heavy atom. The third-order valence-electron chi connectivity index (χ3n) is 7.65. The zero-order valence-electron chi connectivity index (χ0n) is 21.0. The number of hydrogen-bond donors (Lipinski definition) is 4. The van der Waals surface area contributed by atoms with Crippen LogP contribution in [-0.4, -0.2) is 69.0 Å². The second-order valence-electron chi connectivity index (χ2n) is 10.1. The van der Waals surface area contributed by atoms with Crippen molar-refractivity contribution in [3.8, 4) is 0 Å². The molecule has 0 unspecified atom stereocenters. The molecule has 1 aliphatic carbocycles. The van der Waals surface area contributed by atoms with Crippen LogP contribution in [0.1, 0.15) is 72.1 Å². The van der Waals surface area contributed by atoms with E-state index in [1.54, 1.807) is 11.8 Å². The smallest absolute Gasteiger partial charge is 0.426 e. The molecule has 2 fully saturated rings. The Morgan fingerprint density at radius 1 is 1.23 bits per heavy atom. The summed E-state index contributed by atoms with van der Waals surface area (Å²) in [6.45, 7) is 5.88. The van der Waals surface area contributed by atoms with E-state index in [9.17, 15) is 24.4 Å². The van der Waals surface area contributed by atoms with Gasteiger partial charge in [0.05, 0.1) is 18.3 Å². The summed E-state index contributed by atoms with van der Waals surface area (Å²) in [4.78, 5) is 45.8. The number of aromatic nitrogens is 2. The van der Waals surface area contributed by atoms with E-state index in [-0.39, 0.29) is 17.7 Å². The van der Waals surface area contributed by atoms with Gasteiger partial charge in [-0.15, -0.1) is 0 Å². The van der Waals surface area contributed by atoms with Gasteiger partial charge in [0.15, 0.2) is 5.54 Å². The molecule has 4 N–H and O–H groups in total. The van der Waals surface area contributed by atoms with Crippen LogP contribution in [0.15, 0.2) is 24.8 Å². The van der Waals surface area contributed by atoms with Gasteiger partial charge in [0.25, 0.3) is 5.91 Å². The van der Waals surface area contributed by atoms with Crippen molar-refractivity contribution in [3.63, 3.8) is 0 Å². The van der Waals surface area contributed by atoms with Crippen molar-refractivity contribution in [1.29, 1.82) is 0 Å². The lowest BCUT2D eigenvalue weighted by molar-refractivity contribution is -0.573. The molecule has 11 heteroatoms. The first-order valence-corrected chi connectivity index (χ1v) is 12.8. The maximum absolute atomic E-state index is 13.9. The van der Waals surface area contributed by atoms with E-state index in [0.717, 1.165) is 25.7 Å². The lowest BCUT2D eigenvalue weighted by Gasteiger charge is -2.34. The van der Waals surface area contributed by atoms with E-state index in [2.05, 4.69) is 15.6 Å². The summed E-state index contributed by atoms with van der Waals surface area (Å²) >= 11 is 0. The number of amides is 3. The summed E-state index contributed by atoms with van der Waals surface area (Å²) in [5, 5.41) is 25.0. The topological polar surface area (TPSA) is 136 Å². The van der Waals surface area contributed by atoms with Gasteiger partial charge in [-0.3, -0.25) is 14.6 Å². The normalized spacial score (nSPS) is 22.7. The number of likely N-dealkylation sites (tertiary alicyclic amines) is 1. The Hall–Kier alpha value is -2.53. The van der Waals surface area contributed by atoms with Crippen LogP contribution in [0.4, 0.5) is 4.79 Å². The average molecular weight is 488 g/mol. The van der Waals surface area contributed by atoms with Gasteiger partial charge < -0.3 is 20.3 Å². The summed E-state index contributed by atoms with van der Waals surface area (Å²) in [6, 6.07) is -1.16. The molecule has 1 aromatic heterocycles. The van der Waals surface area contributed by atoms with Gasteiger partial charge in [-0.05, 0) is 18.8 Å². The fourth-order valence-electron chi connectivity index (χ4n) is 5.35. The minimum atomic E-state index is -1.68. The summed E-state index contributed by atoms with van der Waals surface area (Å²) in [7, 11) is -1.68. The monoisotopic (exact) mass is 488 g/mol. The lowest BCUT2D eigenvalue weighted by atomic mass is 9.77. The molecule has 0 radical (unpaired) electrons. The molecule has 2 heterocycles. The summed E-state index contributed by atoms with van der Waals surface area (Å²) in [5.41, 5.74) is -1.14. The molecule has 10 nitrogen and oxygen atoms in total. The first-order valence-electron chi connectivity index (χ1n) is 12.8. The molecular formula is C24H39BN5O5+. The zero-order valence-corrected chi connectivity index (χ0v) is 21.0. The average Bonchev–Trinajstić information content (AvgIpc) is 3.18. The second-order valence-corrected chi connectivity index (χ2v) is 10.1. The van der Waals surface area contributed by atoms with Crippen LogP contribution in [0.2, 0.25) is 0 Å². The third-order valence-corrected chi connectivity index (χ3v) is 7.65. The van der Waals surface area contributed by atoms with Crippen molar-refractivity contribution in [1.82, 2.24) is 20.5 Å². The van der Waals surface area contributed by atoms with Gasteiger partial charge in [-0.2, -0.15) is 9.36 Å². The first-order chi connectivity index (χ1) is 16.7. The Kier molecular flexibility index (Phi) is 9.24. The van der Waals surface area contributed by atoms with Crippen LogP contribution in [-0.2, 0) is 9.59 Å². The third kappa shape index (κ3) is 6.19. The summed E-state index contributed by atoms with van der Waals surface area (Å²) in [5.74, 6) is -1.34. The van der Waals surface area contributed by atoms with Gasteiger partial charge in [0.2, 0.25) is 5.91 Å². The molecular weight excluding hydrogens is 449 g/mol. The molecule has 1 saturated heterocycles. The standard InChI is InChI=1S/C24H38BN5O5/c1-4-20(25(34)35)27-21(31)19(16-18-8-6-5-7-9-18)30-13-10-24(17(2)3,22(30)32)28-23(33)29-14-11-26-12-15-29/h11-12,14-15,17-20,34-35H,4-10,13,16H2,1-3H3,(H-,27,28,31,33)/p+1/t19-,20-,24-/m0/s1. The number of carbonyl (C=O) groups is 3. The lowest BCUT2D eigenvalue weighted by Crippen LogP contribution is -2.65. The molecule has 0 aromatic carbocycles. The zero-order chi connectivity index (χ0) is 25.6. The van der Waals surface area contributed by atoms with Crippen molar-refractivity contribution in [2.75, 3.05) is 6.54 Å². The summed E-state index contributed by atoms with van der Waals surface area (Å²) in [6.07, 6.45) is 12.7. The summed E-state index contributed by atoms with van der Waals surface area (Å²) < 4.78 is 1.34. The van der Waals surface area contributed by atoms with Gasteiger partial charge in [-0.25, -0.2) is 5.32 Å². The minimum absolute atomic E-state index is 0.201. The molecule has 3 amide bonds. The largest absolute Gasteiger partial charge is 0.496 e. The van der Waals surface area contributed by atoms with Gasteiger partial charge in [-0.1, -0.05) is 52.9 Å². The molecule has 192 valence electrons. The molecule has 35 heavy (non-hydrogen) atoms. The van der Waals surface area contributed by atoms with Crippen LogP contribution in [0.25, 0.3) is 0 Å². The number of nitrogens with one attached hydrogen (secondary N) is 2. The van der Waals surface area contributed by atoms with Crippen LogP contribution >= 0.6 is 0 Å². The minimum Gasteiger partial charge on any atom is -0.426 e. The Bertz CT molecular complexity index is 880. The van der Waals surface area contributed by atoms with Crippen LogP contribution in [0, 0.1) is 11.8 Å². The SMILES string of the molecule is CC[C@H](NC(=O)[C@H](CC1CCCCC1)N1CC[C@](NC(=O)[n+]2ccncc2)(C(C)C)C1=O)B(O)O. The highest BCUT2D eigenvalue weighted by molar-refractivity contribution is 6.43.